The van der Waals surface area contributed by atoms with Crippen LogP contribution in [0.2, 0.25) is 0 Å². The third-order valence-corrected chi connectivity index (χ3v) is 3.38. The third kappa shape index (κ3) is 3.54. The molecule has 6 nitrogen and oxygen atoms in total. The second-order valence-electron chi connectivity index (χ2n) is 4.87. The van der Waals surface area contributed by atoms with Gasteiger partial charge in [0.05, 0.1) is 19.8 Å². The Labute approximate surface area is 117 Å². The monoisotopic (exact) mass is 284 g/mol. The summed E-state index contributed by atoms with van der Waals surface area (Å²) in [7, 11) is 0. The number of hydrogen-bond acceptors (Lipinski definition) is 6. The van der Waals surface area contributed by atoms with Crippen LogP contribution in [0.3, 0.4) is 0 Å². The molecule has 3 unspecified atom stereocenters. The van der Waals surface area contributed by atoms with Crippen molar-refractivity contribution < 1.29 is 29.9 Å². The van der Waals surface area contributed by atoms with Crippen LogP contribution >= 0.6 is 0 Å². The molecular formula is C14H20O6. The van der Waals surface area contributed by atoms with Crippen LogP contribution in [0.1, 0.15) is 5.56 Å². The average molecular weight is 284 g/mol. The molecule has 1 aromatic rings. The van der Waals surface area contributed by atoms with E-state index in [-0.39, 0.29) is 6.61 Å². The predicted molar refractivity (Wildman–Crippen MR) is 69.9 cm³/mol. The molecule has 20 heavy (non-hydrogen) atoms. The summed E-state index contributed by atoms with van der Waals surface area (Å²) in [6, 6.07) is 9.51. The molecule has 1 heterocycles. The molecule has 0 bridgehead atoms. The van der Waals surface area contributed by atoms with Gasteiger partial charge in [-0.25, -0.2) is 0 Å². The molecular weight excluding hydrogens is 264 g/mol. The maximum absolute atomic E-state index is 9.82. The molecule has 1 saturated heterocycles. The van der Waals surface area contributed by atoms with Gasteiger partial charge in [0.2, 0.25) is 0 Å². The van der Waals surface area contributed by atoms with E-state index in [0.29, 0.717) is 6.61 Å². The van der Waals surface area contributed by atoms with Crippen molar-refractivity contribution in [1.29, 1.82) is 0 Å². The minimum absolute atomic E-state index is 0.0658. The number of aliphatic hydroxyl groups excluding tert-OH is 4. The molecule has 4 N–H and O–H groups in total. The number of ether oxygens (including phenoxy) is 2. The van der Waals surface area contributed by atoms with E-state index in [1.807, 2.05) is 30.3 Å². The van der Waals surface area contributed by atoms with Crippen molar-refractivity contribution in [2.24, 2.45) is 0 Å². The predicted octanol–water partition coefficient (Wildman–Crippen LogP) is -0.954. The van der Waals surface area contributed by atoms with Crippen molar-refractivity contribution in [2.45, 2.75) is 37.1 Å². The minimum atomic E-state index is -1.36. The molecule has 1 aromatic carbocycles. The van der Waals surface area contributed by atoms with E-state index in [2.05, 4.69) is 0 Å². The van der Waals surface area contributed by atoms with Crippen molar-refractivity contribution in [1.82, 2.24) is 0 Å². The van der Waals surface area contributed by atoms with Crippen LogP contribution in [0.15, 0.2) is 30.3 Å². The van der Waals surface area contributed by atoms with Crippen molar-refractivity contribution >= 4 is 0 Å². The Morgan fingerprint density at radius 2 is 1.60 bits per heavy atom. The summed E-state index contributed by atoms with van der Waals surface area (Å²) in [5, 5.41) is 38.2. The Hall–Kier alpha value is -1.02. The molecule has 0 aliphatic carbocycles. The van der Waals surface area contributed by atoms with Crippen molar-refractivity contribution in [2.75, 3.05) is 13.2 Å². The van der Waals surface area contributed by atoms with Gasteiger partial charge in [-0.3, -0.25) is 0 Å². The minimum Gasteiger partial charge on any atom is -0.394 e. The Kier molecular flexibility index (Phi) is 5.47. The first-order valence-electron chi connectivity index (χ1n) is 6.55. The average Bonchev–Trinajstić information content (AvgIpc) is 2.48. The molecule has 5 atom stereocenters. The summed E-state index contributed by atoms with van der Waals surface area (Å²) in [6.45, 7) is -0.00761. The Morgan fingerprint density at radius 1 is 0.950 bits per heavy atom. The van der Waals surface area contributed by atoms with Crippen molar-refractivity contribution in [3.05, 3.63) is 35.9 Å². The number of aliphatic hydroxyl groups is 4. The van der Waals surface area contributed by atoms with Crippen LogP contribution in [0.25, 0.3) is 0 Å². The molecule has 0 radical (unpaired) electrons. The highest BCUT2D eigenvalue weighted by Crippen LogP contribution is 2.21. The van der Waals surface area contributed by atoms with Gasteiger partial charge < -0.3 is 29.9 Å². The molecule has 112 valence electrons. The van der Waals surface area contributed by atoms with Gasteiger partial charge in [0.15, 0.2) is 0 Å². The number of benzene rings is 1. The summed E-state index contributed by atoms with van der Waals surface area (Å²) < 4.78 is 10.8. The summed E-state index contributed by atoms with van der Waals surface area (Å²) in [6.07, 6.45) is -5.61. The molecule has 1 aliphatic heterocycles. The van der Waals surface area contributed by atoms with E-state index in [0.717, 1.165) is 5.56 Å². The highest BCUT2D eigenvalue weighted by atomic mass is 16.6. The van der Waals surface area contributed by atoms with E-state index >= 15 is 0 Å². The van der Waals surface area contributed by atoms with Crippen LogP contribution in [-0.2, 0) is 16.1 Å². The third-order valence-electron chi connectivity index (χ3n) is 3.38. The SMILES string of the molecule is OC[C@@H]1O[C@H](COCc2ccccc2)C(O)C(O)C1O. The lowest BCUT2D eigenvalue weighted by Crippen LogP contribution is -2.59. The van der Waals surface area contributed by atoms with Gasteiger partial charge in [0.1, 0.15) is 30.5 Å². The van der Waals surface area contributed by atoms with Gasteiger partial charge in [-0.15, -0.1) is 0 Å². The van der Waals surface area contributed by atoms with Crippen LogP contribution in [0, 0.1) is 0 Å². The zero-order chi connectivity index (χ0) is 14.5. The first kappa shape index (κ1) is 15.4. The van der Waals surface area contributed by atoms with Crippen LogP contribution < -0.4 is 0 Å². The van der Waals surface area contributed by atoms with Crippen LogP contribution in [-0.4, -0.2) is 64.2 Å². The summed E-state index contributed by atoms with van der Waals surface area (Å²) >= 11 is 0. The number of rotatable bonds is 5. The van der Waals surface area contributed by atoms with Crippen LogP contribution in [0.4, 0.5) is 0 Å². The quantitative estimate of drug-likeness (QED) is 0.556. The first-order valence-corrected chi connectivity index (χ1v) is 6.55. The van der Waals surface area contributed by atoms with Crippen LogP contribution in [0.5, 0.6) is 0 Å². The van der Waals surface area contributed by atoms with Gasteiger partial charge in [-0.2, -0.15) is 0 Å². The normalized spacial score (nSPS) is 34.1. The Morgan fingerprint density at radius 3 is 2.25 bits per heavy atom. The fourth-order valence-electron chi connectivity index (χ4n) is 2.18. The standard InChI is InChI=1S/C14H20O6/c15-6-10-12(16)14(18)13(17)11(20-10)8-19-7-9-4-2-1-3-5-9/h1-5,10-18H,6-8H2/t10-,11+,12?,13?,14?/m0/s1. The highest BCUT2D eigenvalue weighted by molar-refractivity contribution is 5.13. The van der Waals surface area contributed by atoms with E-state index in [9.17, 15) is 15.3 Å². The Balaban J connectivity index is 1.85. The van der Waals surface area contributed by atoms with Crippen molar-refractivity contribution in [3.63, 3.8) is 0 Å². The summed E-state index contributed by atoms with van der Waals surface area (Å²) in [4.78, 5) is 0. The highest BCUT2D eigenvalue weighted by Gasteiger charge is 2.43. The molecule has 0 saturated carbocycles. The summed E-state index contributed by atoms with van der Waals surface area (Å²) in [5.41, 5.74) is 0.983. The molecule has 0 amide bonds. The second kappa shape index (κ2) is 7.12. The molecule has 2 rings (SSSR count). The second-order valence-corrected chi connectivity index (χ2v) is 4.87. The van der Waals surface area contributed by atoms with E-state index in [1.165, 1.54) is 0 Å². The van der Waals surface area contributed by atoms with E-state index in [1.54, 1.807) is 0 Å². The maximum atomic E-state index is 9.82. The van der Waals surface area contributed by atoms with Gasteiger partial charge in [-0.1, -0.05) is 30.3 Å². The smallest absolute Gasteiger partial charge is 0.111 e. The van der Waals surface area contributed by atoms with Gasteiger partial charge >= 0.3 is 0 Å². The lowest BCUT2D eigenvalue weighted by Gasteiger charge is -2.39. The van der Waals surface area contributed by atoms with E-state index < -0.39 is 37.1 Å². The fraction of sp³-hybridized carbons (Fsp3) is 0.571. The zero-order valence-electron chi connectivity index (χ0n) is 11.0. The zero-order valence-corrected chi connectivity index (χ0v) is 11.0. The lowest BCUT2D eigenvalue weighted by molar-refractivity contribution is -0.239. The number of hydrogen-bond donors (Lipinski definition) is 4. The fourth-order valence-corrected chi connectivity index (χ4v) is 2.18. The Bertz CT molecular complexity index is 396. The molecule has 1 aliphatic rings. The molecule has 6 heteroatoms. The van der Waals surface area contributed by atoms with E-state index in [4.69, 9.17) is 14.6 Å². The molecule has 0 aromatic heterocycles. The van der Waals surface area contributed by atoms with Gasteiger partial charge in [0, 0.05) is 0 Å². The molecule has 0 spiro atoms. The molecule has 1 fully saturated rings. The first-order chi connectivity index (χ1) is 9.63. The maximum Gasteiger partial charge on any atom is 0.111 e. The van der Waals surface area contributed by atoms with Gasteiger partial charge in [-0.05, 0) is 5.56 Å². The lowest BCUT2D eigenvalue weighted by atomic mass is 9.95. The van der Waals surface area contributed by atoms with Crippen molar-refractivity contribution in [3.8, 4) is 0 Å². The van der Waals surface area contributed by atoms with Gasteiger partial charge in [0.25, 0.3) is 0 Å². The summed E-state index contributed by atoms with van der Waals surface area (Å²) in [5.74, 6) is 0. The largest absolute Gasteiger partial charge is 0.394 e. The topological polar surface area (TPSA) is 99.4 Å².